The van der Waals surface area contributed by atoms with Gasteiger partial charge < -0.3 is 0 Å². The van der Waals surface area contributed by atoms with Crippen LogP contribution in [-0.4, -0.2) is 26.3 Å². The Labute approximate surface area is 184 Å². The number of rotatable bonds is 6. The molecule has 1 aromatic heterocycles. The largest absolute Gasteiger partial charge is 0.275 e. The minimum absolute atomic E-state index is 0.00795. The third kappa shape index (κ3) is 4.44. The van der Waals surface area contributed by atoms with Crippen molar-refractivity contribution in [1.29, 1.82) is 0 Å². The number of aromatic nitrogens is 2. The number of nitrogens with zero attached hydrogens (tertiary/aromatic N) is 4. The van der Waals surface area contributed by atoms with Crippen molar-refractivity contribution in [1.82, 2.24) is 15.2 Å². The monoisotopic (exact) mass is 425 g/mol. The molecular formula is C24H19N5O3. The SMILES string of the molecule is C/C(=N\NC(=O)c1cn(-c2ccccc2)nc1-c1ccccc1)c1ccc([N+](=O)[O-])cc1. The summed E-state index contributed by atoms with van der Waals surface area (Å²) in [5, 5.41) is 19.6. The lowest BCUT2D eigenvalue weighted by Gasteiger charge is -2.04. The number of hydrazone groups is 1. The summed E-state index contributed by atoms with van der Waals surface area (Å²) in [6.07, 6.45) is 1.67. The molecule has 0 spiro atoms. The molecule has 8 nitrogen and oxygen atoms in total. The van der Waals surface area contributed by atoms with Crippen LogP contribution in [0.5, 0.6) is 0 Å². The molecule has 0 unspecified atom stereocenters. The van der Waals surface area contributed by atoms with E-state index in [1.165, 1.54) is 12.1 Å². The average molecular weight is 425 g/mol. The summed E-state index contributed by atoms with van der Waals surface area (Å²) < 4.78 is 1.66. The summed E-state index contributed by atoms with van der Waals surface area (Å²) in [7, 11) is 0. The lowest BCUT2D eigenvalue weighted by atomic mass is 10.1. The second kappa shape index (κ2) is 9.05. The van der Waals surface area contributed by atoms with Crippen molar-refractivity contribution in [2.24, 2.45) is 5.10 Å². The van der Waals surface area contributed by atoms with Crippen LogP contribution in [0.1, 0.15) is 22.8 Å². The van der Waals surface area contributed by atoms with Crippen molar-refractivity contribution < 1.29 is 9.72 Å². The predicted octanol–water partition coefficient (Wildman–Crippen LogP) is 4.60. The van der Waals surface area contributed by atoms with Crippen LogP contribution in [0.15, 0.2) is 96.2 Å². The van der Waals surface area contributed by atoms with E-state index in [0.29, 0.717) is 22.5 Å². The van der Waals surface area contributed by atoms with Gasteiger partial charge in [-0.05, 0) is 36.8 Å². The maximum atomic E-state index is 13.0. The van der Waals surface area contributed by atoms with Crippen LogP contribution in [0, 0.1) is 10.1 Å². The van der Waals surface area contributed by atoms with Gasteiger partial charge in [0.25, 0.3) is 11.6 Å². The van der Waals surface area contributed by atoms with E-state index in [2.05, 4.69) is 15.6 Å². The van der Waals surface area contributed by atoms with E-state index in [9.17, 15) is 14.9 Å². The highest BCUT2D eigenvalue weighted by Gasteiger charge is 2.18. The van der Waals surface area contributed by atoms with Gasteiger partial charge in [0, 0.05) is 23.9 Å². The van der Waals surface area contributed by atoms with Gasteiger partial charge in [0.15, 0.2) is 0 Å². The standard InChI is InChI=1S/C24H19N5O3/c1-17(18-12-14-21(15-13-18)29(31)32)25-26-24(30)22-16-28(20-10-6-3-7-11-20)27-23(22)19-8-4-2-5-9-19/h2-16H,1H3,(H,26,30)/b25-17+. The van der Waals surface area contributed by atoms with Gasteiger partial charge in [0.2, 0.25) is 0 Å². The number of carbonyl (C=O) groups is 1. The Morgan fingerprint density at radius 1 is 0.969 bits per heavy atom. The molecule has 4 aromatic rings. The number of benzene rings is 3. The first-order valence-electron chi connectivity index (χ1n) is 9.83. The Morgan fingerprint density at radius 3 is 2.22 bits per heavy atom. The second-order valence-electron chi connectivity index (χ2n) is 6.98. The zero-order valence-electron chi connectivity index (χ0n) is 17.2. The molecular weight excluding hydrogens is 406 g/mol. The average Bonchev–Trinajstić information content (AvgIpc) is 3.29. The van der Waals surface area contributed by atoms with Crippen LogP contribution in [0.4, 0.5) is 5.69 Å². The van der Waals surface area contributed by atoms with E-state index in [1.807, 2.05) is 60.7 Å². The lowest BCUT2D eigenvalue weighted by Crippen LogP contribution is -2.19. The highest BCUT2D eigenvalue weighted by Crippen LogP contribution is 2.23. The molecule has 1 heterocycles. The van der Waals surface area contributed by atoms with Crippen LogP contribution < -0.4 is 5.43 Å². The number of nitro groups is 1. The van der Waals surface area contributed by atoms with Gasteiger partial charge in [0.1, 0.15) is 5.69 Å². The molecule has 8 heteroatoms. The number of hydrogen-bond acceptors (Lipinski definition) is 5. The summed E-state index contributed by atoms with van der Waals surface area (Å²) in [6.45, 7) is 1.72. The Kier molecular flexibility index (Phi) is 5.85. The fraction of sp³-hybridized carbons (Fsp3) is 0.0417. The fourth-order valence-corrected chi connectivity index (χ4v) is 3.15. The van der Waals surface area contributed by atoms with Crippen molar-refractivity contribution in [3.05, 3.63) is 112 Å². The van der Waals surface area contributed by atoms with Crippen molar-refractivity contribution >= 4 is 17.3 Å². The Balaban J connectivity index is 1.63. The predicted molar refractivity (Wildman–Crippen MR) is 122 cm³/mol. The molecule has 4 rings (SSSR count). The van der Waals surface area contributed by atoms with Gasteiger partial charge in [-0.1, -0.05) is 48.5 Å². The van der Waals surface area contributed by atoms with Crippen LogP contribution in [0.3, 0.4) is 0 Å². The summed E-state index contributed by atoms with van der Waals surface area (Å²) in [4.78, 5) is 23.4. The van der Waals surface area contributed by atoms with E-state index < -0.39 is 10.8 Å². The lowest BCUT2D eigenvalue weighted by molar-refractivity contribution is -0.384. The minimum Gasteiger partial charge on any atom is -0.267 e. The van der Waals surface area contributed by atoms with Crippen LogP contribution in [0.25, 0.3) is 16.9 Å². The van der Waals surface area contributed by atoms with E-state index in [1.54, 1.807) is 29.9 Å². The van der Waals surface area contributed by atoms with Gasteiger partial charge in [-0.2, -0.15) is 10.2 Å². The number of nitro benzene ring substituents is 1. The molecule has 3 aromatic carbocycles. The fourth-order valence-electron chi connectivity index (χ4n) is 3.15. The first kappa shape index (κ1) is 20.7. The molecule has 0 atom stereocenters. The molecule has 0 bridgehead atoms. The second-order valence-corrected chi connectivity index (χ2v) is 6.98. The van der Waals surface area contributed by atoms with Gasteiger partial charge in [-0.15, -0.1) is 0 Å². The number of nitrogens with one attached hydrogen (secondary N) is 1. The van der Waals surface area contributed by atoms with E-state index in [0.717, 1.165) is 11.3 Å². The van der Waals surface area contributed by atoms with Crippen LogP contribution >= 0.6 is 0 Å². The summed E-state index contributed by atoms with van der Waals surface area (Å²) >= 11 is 0. The van der Waals surface area contributed by atoms with Gasteiger partial charge in [-0.3, -0.25) is 14.9 Å². The van der Waals surface area contributed by atoms with E-state index >= 15 is 0 Å². The quantitative estimate of drug-likeness (QED) is 0.277. The highest BCUT2D eigenvalue weighted by molar-refractivity contribution is 6.03. The first-order chi connectivity index (χ1) is 15.5. The maximum absolute atomic E-state index is 13.0. The zero-order chi connectivity index (χ0) is 22.5. The molecule has 0 aliphatic carbocycles. The molecule has 0 radical (unpaired) electrons. The smallest absolute Gasteiger partial charge is 0.267 e. The maximum Gasteiger partial charge on any atom is 0.275 e. The summed E-state index contributed by atoms with van der Waals surface area (Å²) in [6, 6.07) is 24.9. The highest BCUT2D eigenvalue weighted by atomic mass is 16.6. The molecule has 32 heavy (non-hydrogen) atoms. The van der Waals surface area contributed by atoms with E-state index in [-0.39, 0.29) is 5.69 Å². The molecule has 1 amide bonds. The van der Waals surface area contributed by atoms with Gasteiger partial charge in [-0.25, -0.2) is 10.1 Å². The third-order valence-electron chi connectivity index (χ3n) is 4.85. The van der Waals surface area contributed by atoms with Crippen LogP contribution in [-0.2, 0) is 0 Å². The Morgan fingerprint density at radius 2 is 1.59 bits per heavy atom. The minimum atomic E-state index is -0.465. The number of para-hydroxylation sites is 1. The number of carbonyl (C=O) groups excluding carboxylic acids is 1. The third-order valence-corrected chi connectivity index (χ3v) is 4.85. The van der Waals surface area contributed by atoms with Crippen molar-refractivity contribution in [3.63, 3.8) is 0 Å². The number of hydrogen-bond donors (Lipinski definition) is 1. The number of amides is 1. The molecule has 0 saturated heterocycles. The Bertz CT molecular complexity index is 1280. The topological polar surface area (TPSA) is 102 Å². The van der Waals surface area contributed by atoms with Crippen molar-refractivity contribution in [3.8, 4) is 16.9 Å². The zero-order valence-corrected chi connectivity index (χ0v) is 17.2. The molecule has 158 valence electrons. The number of non-ortho nitro benzene ring substituents is 1. The summed E-state index contributed by atoms with van der Waals surface area (Å²) in [5.41, 5.74) is 6.30. The molecule has 0 saturated carbocycles. The van der Waals surface area contributed by atoms with Gasteiger partial charge in [0.05, 0.1) is 21.9 Å². The van der Waals surface area contributed by atoms with Gasteiger partial charge >= 0.3 is 0 Å². The molecule has 0 aliphatic heterocycles. The summed E-state index contributed by atoms with van der Waals surface area (Å²) in [5.74, 6) is -0.410. The molecule has 1 N–H and O–H groups in total. The van der Waals surface area contributed by atoms with Crippen LogP contribution in [0.2, 0.25) is 0 Å². The Hall–Kier alpha value is -4.59. The van der Waals surface area contributed by atoms with E-state index in [4.69, 9.17) is 0 Å². The van der Waals surface area contributed by atoms with Crippen molar-refractivity contribution in [2.45, 2.75) is 6.92 Å². The molecule has 0 fully saturated rings. The molecule has 0 aliphatic rings. The van der Waals surface area contributed by atoms with Crippen molar-refractivity contribution in [2.75, 3.05) is 0 Å². The normalized spacial score (nSPS) is 11.2. The first-order valence-corrected chi connectivity index (χ1v) is 9.83.